The van der Waals surface area contributed by atoms with Crippen molar-refractivity contribution >= 4 is 11.6 Å². The Hall–Kier alpha value is -0.810. The fourth-order valence-electron chi connectivity index (χ4n) is 2.02. The average Bonchev–Trinajstić information content (AvgIpc) is 2.30. The van der Waals surface area contributed by atoms with E-state index in [0.29, 0.717) is 17.1 Å². The van der Waals surface area contributed by atoms with Crippen molar-refractivity contribution in [2.45, 2.75) is 6.10 Å². The summed E-state index contributed by atoms with van der Waals surface area (Å²) in [6, 6.07) is 4.67. The molecule has 17 heavy (non-hydrogen) atoms. The van der Waals surface area contributed by atoms with Crippen LogP contribution in [0.1, 0.15) is 11.7 Å². The first-order valence-electron chi connectivity index (χ1n) is 5.76. The van der Waals surface area contributed by atoms with Gasteiger partial charge in [0.05, 0.1) is 11.1 Å². The van der Waals surface area contributed by atoms with Crippen LogP contribution in [0.25, 0.3) is 0 Å². The minimum atomic E-state index is -0.610. The monoisotopic (exact) mass is 256 g/mol. The molecule has 0 bridgehead atoms. The van der Waals surface area contributed by atoms with Crippen molar-refractivity contribution in [3.05, 3.63) is 28.8 Å². The van der Waals surface area contributed by atoms with E-state index in [0.717, 1.165) is 26.2 Å². The lowest BCUT2D eigenvalue weighted by atomic mass is 10.1. The normalized spacial score (nSPS) is 19.2. The largest absolute Gasteiger partial charge is 0.508 e. The number of phenolic OH excluding ortho intramolecular Hbond substituents is 1. The quantitative estimate of drug-likeness (QED) is 0.755. The van der Waals surface area contributed by atoms with Crippen molar-refractivity contribution in [2.75, 3.05) is 32.7 Å². The molecule has 3 N–H and O–H groups in total. The first-order chi connectivity index (χ1) is 8.16. The molecule has 4 nitrogen and oxygen atoms in total. The Morgan fingerprint density at radius 2 is 2.06 bits per heavy atom. The van der Waals surface area contributed by atoms with Crippen molar-refractivity contribution in [2.24, 2.45) is 0 Å². The van der Waals surface area contributed by atoms with Crippen LogP contribution in [0.3, 0.4) is 0 Å². The maximum Gasteiger partial charge on any atom is 0.117 e. The van der Waals surface area contributed by atoms with E-state index in [1.165, 1.54) is 6.07 Å². The smallest absolute Gasteiger partial charge is 0.117 e. The molecule has 0 saturated carbocycles. The lowest BCUT2D eigenvalue weighted by molar-refractivity contribution is 0.105. The molecule has 5 heteroatoms. The molecule has 1 aromatic carbocycles. The number of nitrogens with zero attached hydrogens (tertiary/aromatic N) is 1. The van der Waals surface area contributed by atoms with Gasteiger partial charge in [0.25, 0.3) is 0 Å². The standard InChI is InChI=1S/C12H17ClN2O2/c13-11-7-9(16)1-2-10(11)12(17)8-15-5-3-14-4-6-15/h1-2,7,12,14,16-17H,3-6,8H2. The Morgan fingerprint density at radius 1 is 1.35 bits per heavy atom. The van der Waals surface area contributed by atoms with Gasteiger partial charge in [-0.05, 0) is 12.1 Å². The highest BCUT2D eigenvalue weighted by Crippen LogP contribution is 2.27. The number of nitrogens with one attached hydrogen (secondary N) is 1. The third-order valence-corrected chi connectivity index (χ3v) is 3.31. The van der Waals surface area contributed by atoms with Crippen molar-refractivity contribution in [1.29, 1.82) is 0 Å². The molecule has 2 rings (SSSR count). The SMILES string of the molecule is Oc1ccc(C(O)CN2CCNCC2)c(Cl)c1. The van der Waals surface area contributed by atoms with E-state index in [2.05, 4.69) is 10.2 Å². The van der Waals surface area contributed by atoms with Gasteiger partial charge in [0, 0.05) is 38.3 Å². The average molecular weight is 257 g/mol. The molecule has 94 valence electrons. The van der Waals surface area contributed by atoms with Gasteiger partial charge in [-0.25, -0.2) is 0 Å². The van der Waals surface area contributed by atoms with Gasteiger partial charge >= 0.3 is 0 Å². The van der Waals surface area contributed by atoms with E-state index in [1.807, 2.05) is 0 Å². The van der Waals surface area contributed by atoms with Crippen LogP contribution in [0, 0.1) is 0 Å². The summed E-state index contributed by atoms with van der Waals surface area (Å²) in [5, 5.41) is 23.0. The van der Waals surface area contributed by atoms with Gasteiger partial charge in [-0.15, -0.1) is 0 Å². The predicted octanol–water partition coefficient (Wildman–Crippen LogP) is 0.984. The first-order valence-corrected chi connectivity index (χ1v) is 6.14. The number of hydrogen-bond donors (Lipinski definition) is 3. The van der Waals surface area contributed by atoms with Gasteiger partial charge in [0.2, 0.25) is 0 Å². The molecule has 1 unspecified atom stereocenters. The number of piperazine rings is 1. The van der Waals surface area contributed by atoms with E-state index in [-0.39, 0.29) is 5.75 Å². The van der Waals surface area contributed by atoms with E-state index >= 15 is 0 Å². The minimum Gasteiger partial charge on any atom is -0.508 e. The number of benzene rings is 1. The maximum atomic E-state index is 10.1. The van der Waals surface area contributed by atoms with Crippen molar-refractivity contribution in [3.8, 4) is 5.75 Å². The van der Waals surface area contributed by atoms with Crippen LogP contribution in [0.5, 0.6) is 5.75 Å². The van der Waals surface area contributed by atoms with Crippen LogP contribution in [0.15, 0.2) is 18.2 Å². The molecule has 1 aliphatic heterocycles. The van der Waals surface area contributed by atoms with E-state index in [9.17, 15) is 10.2 Å². The number of hydrogen-bond acceptors (Lipinski definition) is 4. The van der Waals surface area contributed by atoms with Gasteiger partial charge in [0.15, 0.2) is 0 Å². The molecule has 0 spiro atoms. The molecular weight excluding hydrogens is 240 g/mol. The predicted molar refractivity (Wildman–Crippen MR) is 67.4 cm³/mol. The van der Waals surface area contributed by atoms with Crippen LogP contribution in [0.4, 0.5) is 0 Å². The Balaban J connectivity index is 2.00. The summed E-state index contributed by atoms with van der Waals surface area (Å²) in [4.78, 5) is 2.20. The third kappa shape index (κ3) is 3.33. The molecular formula is C12H17ClN2O2. The van der Waals surface area contributed by atoms with Gasteiger partial charge in [0.1, 0.15) is 5.75 Å². The highest BCUT2D eigenvalue weighted by Gasteiger charge is 2.17. The lowest BCUT2D eigenvalue weighted by Gasteiger charge is -2.29. The molecule has 1 aromatic rings. The number of phenols is 1. The molecule has 1 aliphatic rings. The van der Waals surface area contributed by atoms with Gasteiger partial charge < -0.3 is 15.5 Å². The summed E-state index contributed by atoms with van der Waals surface area (Å²) < 4.78 is 0. The summed E-state index contributed by atoms with van der Waals surface area (Å²) in [7, 11) is 0. The van der Waals surface area contributed by atoms with E-state index < -0.39 is 6.10 Å². The zero-order valence-corrected chi connectivity index (χ0v) is 10.3. The van der Waals surface area contributed by atoms with Crippen LogP contribution >= 0.6 is 11.6 Å². The summed E-state index contributed by atoms with van der Waals surface area (Å²) in [6.07, 6.45) is -0.610. The Labute approximate surface area is 106 Å². The van der Waals surface area contributed by atoms with Crippen LogP contribution in [-0.2, 0) is 0 Å². The van der Waals surface area contributed by atoms with Crippen LogP contribution in [0.2, 0.25) is 5.02 Å². The van der Waals surface area contributed by atoms with Gasteiger partial charge in [-0.2, -0.15) is 0 Å². The molecule has 0 aromatic heterocycles. The Bertz CT molecular complexity index is 381. The number of rotatable bonds is 3. The summed E-state index contributed by atoms with van der Waals surface area (Å²) in [5.74, 6) is 0.119. The molecule has 0 radical (unpaired) electrons. The molecule has 0 amide bonds. The second-order valence-electron chi connectivity index (χ2n) is 4.27. The number of halogens is 1. The first kappa shape index (κ1) is 12.6. The topological polar surface area (TPSA) is 55.7 Å². The number of aliphatic hydroxyl groups is 1. The number of aromatic hydroxyl groups is 1. The lowest BCUT2D eigenvalue weighted by Crippen LogP contribution is -2.44. The minimum absolute atomic E-state index is 0.119. The van der Waals surface area contributed by atoms with Crippen molar-refractivity contribution < 1.29 is 10.2 Å². The molecule has 0 aliphatic carbocycles. The van der Waals surface area contributed by atoms with E-state index in [4.69, 9.17) is 11.6 Å². The van der Waals surface area contributed by atoms with Gasteiger partial charge in [-0.1, -0.05) is 17.7 Å². The second kappa shape index (κ2) is 5.69. The molecule has 1 heterocycles. The van der Waals surface area contributed by atoms with Crippen molar-refractivity contribution in [3.63, 3.8) is 0 Å². The van der Waals surface area contributed by atoms with Crippen molar-refractivity contribution in [1.82, 2.24) is 10.2 Å². The molecule has 1 fully saturated rings. The summed E-state index contributed by atoms with van der Waals surface area (Å²) >= 11 is 5.99. The summed E-state index contributed by atoms with van der Waals surface area (Å²) in [5.41, 5.74) is 0.669. The van der Waals surface area contributed by atoms with E-state index in [1.54, 1.807) is 12.1 Å². The second-order valence-corrected chi connectivity index (χ2v) is 4.68. The Kier molecular flexibility index (Phi) is 4.23. The van der Waals surface area contributed by atoms with Gasteiger partial charge in [-0.3, -0.25) is 4.90 Å². The number of β-amino-alcohol motifs (C(OH)–C–C–N with tert-alkyl or cyclic N) is 1. The zero-order chi connectivity index (χ0) is 12.3. The fraction of sp³-hybridized carbons (Fsp3) is 0.500. The summed E-state index contributed by atoms with van der Waals surface area (Å²) in [6.45, 7) is 4.36. The molecule has 1 atom stereocenters. The Morgan fingerprint density at radius 3 is 2.71 bits per heavy atom. The highest BCUT2D eigenvalue weighted by molar-refractivity contribution is 6.31. The highest BCUT2D eigenvalue weighted by atomic mass is 35.5. The van der Waals surface area contributed by atoms with Crippen LogP contribution in [-0.4, -0.2) is 47.8 Å². The van der Waals surface area contributed by atoms with Crippen LogP contribution < -0.4 is 5.32 Å². The molecule has 1 saturated heterocycles. The third-order valence-electron chi connectivity index (χ3n) is 2.98. The maximum absolute atomic E-state index is 10.1. The number of aliphatic hydroxyl groups excluding tert-OH is 1. The zero-order valence-electron chi connectivity index (χ0n) is 9.56. The fourth-order valence-corrected chi connectivity index (χ4v) is 2.32.